The molecule has 1 aromatic heterocycles. The van der Waals surface area contributed by atoms with Gasteiger partial charge in [-0.05, 0) is 151 Å². The van der Waals surface area contributed by atoms with Crippen LogP contribution in [0.4, 0.5) is 4.79 Å². The molecule has 2 aliphatic heterocycles. The summed E-state index contributed by atoms with van der Waals surface area (Å²) in [6.07, 6.45) is -15.4. The van der Waals surface area contributed by atoms with Gasteiger partial charge in [-0.15, -0.1) is 0 Å². The summed E-state index contributed by atoms with van der Waals surface area (Å²) < 4.78 is 79.4. The van der Waals surface area contributed by atoms with Crippen LogP contribution in [0, 0.1) is 45.3 Å². The number of hydrogen-bond acceptors (Lipinski definition) is 32. The Morgan fingerprint density at radius 1 is 0.531 bits per heavy atom. The zero-order valence-corrected chi connectivity index (χ0v) is 87.0. The molecule has 22 atom stereocenters. The van der Waals surface area contributed by atoms with Crippen LogP contribution in [0.5, 0.6) is 0 Å². The Balaban J connectivity index is 0.000000233. The lowest BCUT2D eigenvalue weighted by Gasteiger charge is -2.67. The molecule has 0 spiro atoms. The van der Waals surface area contributed by atoms with Gasteiger partial charge in [0.15, 0.2) is 31.7 Å². The van der Waals surface area contributed by atoms with Crippen LogP contribution >= 0.6 is 21.6 Å². The summed E-state index contributed by atoms with van der Waals surface area (Å²) in [4.78, 5) is 175. The standard InChI is InChI=1S/C58H64N2O17S2.C52H65NO12Si/c1-34-40(74-53(67)47(63)46(37-18-10-7-11-19-37)60-51(65)38-20-12-8-13-21-38)31-58(69)50(76-52(66)39-22-14-9-15-23-39)48-56(6,49(64)35(2)45(34)55(58,4)5)41(30-42-57(48,32-71-42)77-36(3)61)75-54(68)73-33-72-44(62)25-27-70-28-29-78-79-43-24-16-17-26-59-43;1-30-36(62-47(59)41(65-66(10,11)48(4,5)6)40(33-21-15-12-16-22-33)53-45(57)34-23-17-13-18-24-34)28-52(60)44(63-46(58)35-25-19-14-20-26-35)42-50(9,43(56)31(2)39(30)49(52,7)8)37(55)27-38-51(42,29-61-38)64-32(3)54/h7-24,26,35,40-42,46-48,50,63,69H,25,27-33H2,1-6H3,(H,60,65);12-26,31,36-38,40-42,44,55,60H,27-29H2,1-11H3,(H,53,57)/t35-,40?,41?,42?,46?,47-,48+,50+,56-,57+,58-;31-,36?,37+,38?,40?,41-,42+,44+,50-,51+,52-/m11/s1. The van der Waals surface area contributed by atoms with Gasteiger partial charge >= 0.3 is 47.9 Å². The minimum absolute atomic E-state index is 0.0371. The smallest absolute Gasteiger partial charge is 0.456 e. The number of carbonyl (C=O) groups excluding carboxylic acids is 12. The van der Waals surface area contributed by atoms with E-state index in [0.29, 0.717) is 45.8 Å². The average Bonchev–Trinajstić information content (AvgIpc) is 0.671. The molecule has 8 aliphatic rings. The van der Waals surface area contributed by atoms with Gasteiger partial charge in [0.2, 0.25) is 6.79 Å². The van der Waals surface area contributed by atoms with E-state index < -0.39 is 239 Å². The van der Waals surface area contributed by atoms with E-state index in [1.165, 1.54) is 36.8 Å². The average molecular weight is 2050 g/mol. The van der Waals surface area contributed by atoms with Crippen molar-refractivity contribution < 1.29 is 139 Å². The van der Waals surface area contributed by atoms with Gasteiger partial charge in [-0.2, -0.15) is 0 Å². The Labute approximate surface area is 852 Å². The molecule has 4 saturated carbocycles. The summed E-state index contributed by atoms with van der Waals surface area (Å²) in [5.74, 6) is -12.5. The van der Waals surface area contributed by atoms with Crippen molar-refractivity contribution in [2.45, 2.75) is 255 Å². The molecule has 4 bridgehead atoms. The summed E-state index contributed by atoms with van der Waals surface area (Å²) in [5.41, 5.74) is -11.2. The molecular weight excluding hydrogens is 1920 g/mol. The number of aromatic nitrogens is 1. The van der Waals surface area contributed by atoms with Gasteiger partial charge in [0.05, 0.1) is 84.8 Å². The number of aliphatic hydroxyl groups is 4. The molecule has 145 heavy (non-hydrogen) atoms. The molecule has 6 aromatic carbocycles. The van der Waals surface area contributed by atoms with Crippen LogP contribution in [-0.4, -0.2) is 227 Å². The van der Waals surface area contributed by atoms with Crippen molar-refractivity contribution in [3.8, 4) is 0 Å². The van der Waals surface area contributed by atoms with Gasteiger partial charge < -0.3 is 92.3 Å². The summed E-state index contributed by atoms with van der Waals surface area (Å²) in [7, 11) is 0.184. The first kappa shape index (κ1) is 109. The number of esters is 7. The van der Waals surface area contributed by atoms with Crippen LogP contribution in [0.3, 0.4) is 0 Å². The Morgan fingerprint density at radius 3 is 1.39 bits per heavy atom. The van der Waals surface area contributed by atoms with Crippen molar-refractivity contribution in [2.24, 2.45) is 45.3 Å². The zero-order chi connectivity index (χ0) is 105. The van der Waals surface area contributed by atoms with Crippen LogP contribution in [0.1, 0.15) is 201 Å². The monoisotopic (exact) mass is 2050 g/mol. The number of aliphatic hydroxyl groups excluding tert-OH is 2. The number of carbonyl (C=O) groups is 12. The molecule has 0 radical (unpaired) electrons. The molecule has 3 heterocycles. The van der Waals surface area contributed by atoms with Gasteiger partial charge in [0, 0.05) is 85.3 Å². The number of pyridine rings is 1. The van der Waals surface area contributed by atoms with Crippen molar-refractivity contribution in [1.29, 1.82) is 0 Å². The lowest BCUT2D eigenvalue weighted by atomic mass is 9.43. The normalized spacial score (nSPS) is 29.2. The van der Waals surface area contributed by atoms with E-state index in [4.69, 9.17) is 61.3 Å². The molecule has 7 aromatic rings. The van der Waals surface area contributed by atoms with E-state index >= 15 is 14.4 Å². The third-order valence-electron chi connectivity index (χ3n) is 31.4. The third kappa shape index (κ3) is 21.4. The number of Topliss-reactive ketones (excluding diaryl/α,β-unsaturated/α-hetero) is 2. The second-order valence-electron chi connectivity index (χ2n) is 41.6. The third-order valence-corrected chi connectivity index (χ3v) is 38.1. The maximum Gasteiger partial charge on any atom is 0.511 e. The number of hydrogen-bond donors (Lipinski definition) is 6. The minimum atomic E-state index is -2.85. The molecule has 2 saturated heterocycles. The zero-order valence-electron chi connectivity index (χ0n) is 84.4. The van der Waals surface area contributed by atoms with E-state index in [1.807, 2.05) is 58.1 Å². The van der Waals surface area contributed by atoms with E-state index in [2.05, 4.69) is 15.6 Å². The summed E-state index contributed by atoms with van der Waals surface area (Å²) in [6.45, 7) is 28.1. The largest absolute Gasteiger partial charge is 0.511 e. The number of rotatable bonds is 31. The molecule has 6 aliphatic carbocycles. The summed E-state index contributed by atoms with van der Waals surface area (Å²) >= 11 is 0. The van der Waals surface area contributed by atoms with Crippen LogP contribution in [0.15, 0.2) is 234 Å². The highest BCUT2D eigenvalue weighted by Gasteiger charge is 2.81. The van der Waals surface area contributed by atoms with Gasteiger partial charge in [0.25, 0.3) is 11.8 Å². The number of amides is 2. The van der Waals surface area contributed by atoms with Crippen molar-refractivity contribution in [3.63, 3.8) is 0 Å². The first-order chi connectivity index (χ1) is 68.5. The molecule has 774 valence electrons. The van der Waals surface area contributed by atoms with Crippen molar-refractivity contribution in [3.05, 3.63) is 262 Å². The van der Waals surface area contributed by atoms with Gasteiger partial charge in [0.1, 0.15) is 70.5 Å². The SMILES string of the molecule is CC(=O)O[C@@]12COC1CC(OC(=O)OCOC(=O)CCOCCSSc1ccccn1)[C@@]1(C)C(=O)[C@H](C)C3=C(C)C(OC(=O)[C@H](O)C(NC(=O)c4ccccc4)c4ccccc4)C[C@@](O)([C@@H](OC(=O)c4ccccc4)[C@H]21)C3(C)C.CC(=O)O[C@@]12COC1C[C@H](O)[C@@]1(C)C(=O)[C@H](C)C3=C(C)C(OC(=O)[C@H](O[Si](C)(C)C(C)(C)C)C(NC(=O)c4ccccc4)c4ccccc4)C[C@@](O)([C@@H](OC(=O)c4ccccc4)[C@@H]12)C3(C)C. The fraction of sp³-hybridized carbons (Fsp3) is 0.482. The minimum Gasteiger partial charge on any atom is -0.456 e. The highest BCUT2D eigenvalue weighted by atomic mass is 33.1. The maximum atomic E-state index is 16.0. The molecule has 6 N–H and O–H groups in total. The fourth-order valence-electron chi connectivity index (χ4n) is 22.8. The molecular formula is C110H129N3O29S2Si. The van der Waals surface area contributed by atoms with Crippen molar-refractivity contribution >= 4 is 101 Å². The predicted molar refractivity (Wildman–Crippen MR) is 533 cm³/mol. The summed E-state index contributed by atoms with van der Waals surface area (Å²) in [5, 5.41) is 58.2. The lowest BCUT2D eigenvalue weighted by Crippen LogP contribution is -2.81. The molecule has 32 nitrogen and oxygen atoms in total. The number of nitrogens with one attached hydrogen (secondary N) is 2. The topological polar surface area (TPSA) is 443 Å². The van der Waals surface area contributed by atoms with Crippen LogP contribution < -0.4 is 10.6 Å². The fourth-order valence-corrected chi connectivity index (χ4v) is 25.8. The first-order valence-electron chi connectivity index (χ1n) is 48.7. The Morgan fingerprint density at radius 2 is 0.952 bits per heavy atom. The molecule has 35 heteroatoms. The highest BCUT2D eigenvalue weighted by molar-refractivity contribution is 8.76. The maximum absolute atomic E-state index is 16.0. The highest BCUT2D eigenvalue weighted by Crippen LogP contribution is 2.68. The van der Waals surface area contributed by atoms with Crippen molar-refractivity contribution in [1.82, 2.24) is 15.6 Å². The van der Waals surface area contributed by atoms with Crippen LogP contribution in [-0.2, 0) is 94.8 Å². The number of nitrogens with zero attached hydrogens (tertiary/aromatic N) is 1. The van der Waals surface area contributed by atoms with Gasteiger partial charge in [-0.25, -0.2) is 29.0 Å². The van der Waals surface area contributed by atoms with E-state index in [0.717, 1.165) is 11.9 Å². The van der Waals surface area contributed by atoms with Gasteiger partial charge in [-0.1, -0.05) is 213 Å². The second kappa shape index (κ2) is 43.8. The summed E-state index contributed by atoms with van der Waals surface area (Å²) in [6, 6.07) is 53.5. The molecule has 2 amide bonds. The van der Waals surface area contributed by atoms with Crippen molar-refractivity contribution in [2.75, 3.05) is 39.0 Å². The number of ketones is 2. The Kier molecular flexibility index (Phi) is 33.0. The van der Waals surface area contributed by atoms with Crippen LogP contribution in [0.25, 0.3) is 0 Å². The quantitative estimate of drug-likeness (QED) is 0.00447. The second-order valence-corrected chi connectivity index (χ2v) is 48.8. The van der Waals surface area contributed by atoms with E-state index in [9.17, 15) is 63.6 Å². The number of benzene rings is 6. The molecule has 7 unspecified atom stereocenters. The van der Waals surface area contributed by atoms with E-state index in [1.54, 1.807) is 243 Å². The number of fused-ring (bicyclic) bond motifs is 10. The Hall–Kier alpha value is -11.6. The predicted octanol–water partition coefficient (Wildman–Crippen LogP) is 14.8. The molecule has 6 fully saturated rings. The van der Waals surface area contributed by atoms with Gasteiger partial charge in [-0.3, -0.25) is 33.6 Å². The first-order valence-corrected chi connectivity index (χ1v) is 53.9. The Bertz CT molecular complexity index is 6000. The van der Waals surface area contributed by atoms with Crippen LogP contribution in [0.2, 0.25) is 18.1 Å². The van der Waals surface area contributed by atoms with E-state index in [-0.39, 0.29) is 67.8 Å². The number of ether oxygens (including phenoxy) is 12. The molecule has 15 rings (SSSR count). The lowest BCUT2D eigenvalue weighted by molar-refractivity contribution is -0.345.